The number of amides is 2. The van der Waals surface area contributed by atoms with Crippen LogP contribution in [0.4, 0.5) is 32.1 Å². The molecule has 0 aliphatic carbocycles. The third-order valence-electron chi connectivity index (χ3n) is 13.0. The molecule has 79 heavy (non-hydrogen) atoms. The Labute approximate surface area is 483 Å². The lowest BCUT2D eigenvalue weighted by Crippen LogP contribution is -2.41. The van der Waals surface area contributed by atoms with Crippen molar-refractivity contribution in [3.05, 3.63) is 117 Å². The van der Waals surface area contributed by atoms with Gasteiger partial charge in [0.2, 0.25) is 0 Å². The van der Waals surface area contributed by atoms with E-state index in [0.29, 0.717) is 87.4 Å². The fourth-order valence-electron chi connectivity index (χ4n) is 9.69. The van der Waals surface area contributed by atoms with Crippen molar-refractivity contribution in [2.45, 2.75) is 103 Å². The highest BCUT2D eigenvalue weighted by molar-refractivity contribution is 14.1. The summed E-state index contributed by atoms with van der Waals surface area (Å²) in [6, 6.07) is 21.7. The predicted octanol–water partition coefficient (Wildman–Crippen LogP) is 11.4. The Bertz CT molecular complexity index is 3530. The summed E-state index contributed by atoms with van der Waals surface area (Å²) in [4.78, 5) is 48.3. The summed E-state index contributed by atoms with van der Waals surface area (Å²) in [7, 11) is -8.62. The van der Waals surface area contributed by atoms with Gasteiger partial charge in [0.05, 0.1) is 35.7 Å². The molecule has 0 unspecified atom stereocenters. The van der Waals surface area contributed by atoms with Crippen LogP contribution in [0.5, 0.6) is 11.5 Å². The SMILES string of the molecule is CC(C)COc1cc(F)cc(-c2ccc(C(=O)NS(=O)(=O)c3cccc(N)n3)c(N3C[C@@H](C)CC3(C)C)n2)c1.CC(C)COc1cc(F)cc(-c2nc(N3C[C@@H](C)CC3(C)C)c(C(=O)NS(=O)(=O)c3cccc(N)n3)cc2I)c1.[HH].[HH].[HH].[HH].[HH].[HH]. The number of benzene rings is 2. The van der Waals surface area contributed by atoms with Gasteiger partial charge in [-0.1, -0.05) is 53.7 Å². The first kappa shape index (κ1) is 59.9. The summed E-state index contributed by atoms with van der Waals surface area (Å²) in [5, 5.41) is -0.740. The molecule has 18 nitrogen and oxygen atoms in total. The molecule has 4 aromatic heterocycles. The van der Waals surface area contributed by atoms with Crippen LogP contribution in [0.25, 0.3) is 22.5 Å². The number of nitrogen functional groups attached to an aromatic ring is 2. The summed E-state index contributed by atoms with van der Waals surface area (Å²) in [5.41, 5.74) is 12.5. The Morgan fingerprint density at radius 1 is 0.658 bits per heavy atom. The number of rotatable bonds is 16. The number of pyridine rings is 4. The molecule has 434 valence electrons. The van der Waals surface area contributed by atoms with Crippen LogP contribution in [0.3, 0.4) is 0 Å². The largest absolute Gasteiger partial charge is 0.493 e. The molecule has 0 radical (unpaired) electrons. The number of carbonyl (C=O) groups excluding carboxylic acids is 2. The average Bonchev–Trinajstić information content (AvgIpc) is 3.80. The van der Waals surface area contributed by atoms with E-state index in [9.17, 15) is 35.2 Å². The second-order valence-corrected chi connectivity index (χ2v) is 26.6. The zero-order valence-electron chi connectivity index (χ0n) is 45.8. The van der Waals surface area contributed by atoms with Gasteiger partial charge in [0.1, 0.15) is 46.4 Å². The molecule has 2 saturated heterocycles. The fourth-order valence-corrected chi connectivity index (χ4v) is 12.3. The lowest BCUT2D eigenvalue weighted by molar-refractivity contribution is 0.0972. The van der Waals surface area contributed by atoms with Crippen molar-refractivity contribution in [1.82, 2.24) is 29.4 Å². The van der Waals surface area contributed by atoms with Crippen LogP contribution >= 0.6 is 22.6 Å². The number of ether oxygens (including phenoxy) is 2. The molecule has 0 bridgehead atoms. The van der Waals surface area contributed by atoms with Crippen molar-refractivity contribution in [1.29, 1.82) is 0 Å². The molecule has 2 aliphatic rings. The molecular weight excluding hydrogens is 1170 g/mol. The summed E-state index contributed by atoms with van der Waals surface area (Å²) in [6.45, 7) is 22.5. The molecule has 6 heterocycles. The Balaban J connectivity index is 0.000000794. The average molecular weight is 1250 g/mol. The molecule has 2 aromatic carbocycles. The number of nitrogens with one attached hydrogen (secondary N) is 2. The number of hydrogen-bond acceptors (Lipinski definition) is 16. The number of carbonyl (C=O) groups is 2. The van der Waals surface area contributed by atoms with Crippen molar-refractivity contribution in [2.24, 2.45) is 23.7 Å². The van der Waals surface area contributed by atoms with E-state index in [1.54, 1.807) is 24.3 Å². The summed E-state index contributed by atoms with van der Waals surface area (Å²) in [5.74, 6) is -0.141. The van der Waals surface area contributed by atoms with E-state index in [1.807, 2.05) is 87.8 Å². The molecule has 0 saturated carbocycles. The molecule has 6 aromatic rings. The van der Waals surface area contributed by atoms with Crippen LogP contribution in [0.1, 0.15) is 111 Å². The zero-order chi connectivity index (χ0) is 57.9. The molecule has 2 atom stereocenters. The fraction of sp³-hybridized carbons (Fsp3) is 0.393. The first-order valence-corrected chi connectivity index (χ1v) is 29.7. The second-order valence-electron chi connectivity index (χ2n) is 22.2. The quantitative estimate of drug-likeness (QED) is 0.0657. The maximum Gasteiger partial charge on any atom is 0.281 e. The topological polar surface area (TPSA) is 255 Å². The number of hydrogen-bond donors (Lipinski definition) is 4. The molecule has 23 heteroatoms. The second kappa shape index (κ2) is 23.9. The number of nitrogens with zero attached hydrogens (tertiary/aromatic N) is 6. The van der Waals surface area contributed by atoms with Crippen LogP contribution in [0.15, 0.2) is 101 Å². The van der Waals surface area contributed by atoms with Crippen LogP contribution in [-0.4, -0.2) is 86.0 Å². The zero-order valence-corrected chi connectivity index (χ0v) is 49.6. The molecule has 0 spiro atoms. The van der Waals surface area contributed by atoms with Crippen LogP contribution in [-0.2, 0) is 20.0 Å². The van der Waals surface area contributed by atoms with Gasteiger partial charge >= 0.3 is 0 Å². The first-order valence-electron chi connectivity index (χ1n) is 25.6. The van der Waals surface area contributed by atoms with E-state index in [4.69, 9.17) is 30.9 Å². The van der Waals surface area contributed by atoms with Crippen molar-refractivity contribution in [3.63, 3.8) is 0 Å². The standard InChI is InChI=1S/C28H33FIN5O4S.C28H34FN5O4S.6H2/c1-16(2)15-39-20-10-18(9-19(29)11-20)25-22(30)12-21(26(33-25)35-14-17(3)13-28(35,4)5)27(36)34-40(37,38)24-8-6-7-23(31)32-24;1-17(2)16-38-21-12-19(11-20(29)13-21)23-10-9-22(26(31-23)34-15-18(3)14-28(34,4)5)27(35)33-39(36,37)25-8-6-7-24(30)32-25;;;;;;/h6-12,16-17H,13-15H2,1-5H3,(H2,31,32)(H,34,36);6-13,17-18H,14-16H2,1-5H3,(H2,30,32)(H,33,35);6*1H/t17-;18-;;;;;;/m00....../s1. The van der Waals surface area contributed by atoms with E-state index in [0.717, 1.165) is 12.8 Å². The van der Waals surface area contributed by atoms with Crippen LogP contribution < -0.4 is 40.2 Å². The van der Waals surface area contributed by atoms with Gasteiger partial charge in [-0.3, -0.25) is 9.59 Å². The normalized spacial score (nSPS) is 16.8. The Morgan fingerprint density at radius 2 is 1.10 bits per heavy atom. The summed E-state index contributed by atoms with van der Waals surface area (Å²) < 4.78 is 97.3. The molecule has 2 amide bonds. The van der Waals surface area contributed by atoms with Gasteiger partial charge in [-0.05, 0) is 154 Å². The number of aromatic nitrogens is 4. The summed E-state index contributed by atoms with van der Waals surface area (Å²) >= 11 is 2.02. The van der Waals surface area contributed by atoms with Gasteiger partial charge in [-0.2, -0.15) is 16.8 Å². The Kier molecular flexibility index (Phi) is 18.2. The van der Waals surface area contributed by atoms with Gasteiger partial charge in [-0.15, -0.1) is 0 Å². The van der Waals surface area contributed by atoms with Crippen molar-refractivity contribution >= 4 is 77.7 Å². The molecule has 8 rings (SSSR count). The third-order valence-corrected chi connectivity index (χ3v) is 16.2. The molecular formula is C56H79F2IN10O8S2. The van der Waals surface area contributed by atoms with Gasteiger partial charge in [-0.25, -0.2) is 38.2 Å². The highest BCUT2D eigenvalue weighted by Crippen LogP contribution is 2.41. The predicted molar refractivity (Wildman–Crippen MR) is 322 cm³/mol. The minimum atomic E-state index is -4.32. The molecule has 2 aliphatic heterocycles. The first-order chi connectivity index (χ1) is 36.9. The number of nitrogens with two attached hydrogens (primary N) is 2. The van der Waals surface area contributed by atoms with Crippen LogP contribution in [0.2, 0.25) is 0 Å². The third kappa shape index (κ3) is 14.7. The van der Waals surface area contributed by atoms with E-state index in [2.05, 4.69) is 33.3 Å². The van der Waals surface area contributed by atoms with Gasteiger partial charge in [0.15, 0.2) is 10.1 Å². The van der Waals surface area contributed by atoms with Crippen molar-refractivity contribution < 1.29 is 53.2 Å². The van der Waals surface area contributed by atoms with E-state index in [-0.39, 0.29) is 64.3 Å². The lowest BCUT2D eigenvalue weighted by atomic mass is 9.97. The number of anilines is 4. The Hall–Kier alpha value is -6.73. The van der Waals surface area contributed by atoms with E-state index in [1.165, 1.54) is 66.7 Å². The van der Waals surface area contributed by atoms with Gasteiger partial charge in [0, 0.05) is 59.6 Å². The minimum Gasteiger partial charge on any atom is -0.493 e. The monoisotopic (exact) mass is 1250 g/mol. The summed E-state index contributed by atoms with van der Waals surface area (Å²) in [6.07, 6.45) is 1.69. The number of sulfonamides is 2. The molecule has 2 fully saturated rings. The van der Waals surface area contributed by atoms with Crippen molar-refractivity contribution in [2.75, 3.05) is 47.6 Å². The van der Waals surface area contributed by atoms with E-state index < -0.39 is 43.5 Å². The number of halogens is 3. The minimum absolute atomic E-state index is 0. The molecule has 6 N–H and O–H groups in total. The highest BCUT2D eigenvalue weighted by Gasteiger charge is 2.41. The maximum atomic E-state index is 14.7. The van der Waals surface area contributed by atoms with Crippen LogP contribution in [0, 0.1) is 38.9 Å². The van der Waals surface area contributed by atoms with Crippen molar-refractivity contribution in [3.8, 4) is 34.0 Å². The van der Waals surface area contributed by atoms with Gasteiger partial charge in [0.25, 0.3) is 31.9 Å². The maximum absolute atomic E-state index is 14.7. The Morgan fingerprint density at radius 3 is 1.54 bits per heavy atom. The smallest absolute Gasteiger partial charge is 0.281 e. The lowest BCUT2D eigenvalue weighted by Gasteiger charge is -2.34. The van der Waals surface area contributed by atoms with E-state index >= 15 is 0 Å². The van der Waals surface area contributed by atoms with Gasteiger partial charge < -0.3 is 30.7 Å². The highest BCUT2D eigenvalue weighted by atomic mass is 127.